The van der Waals surface area contributed by atoms with Gasteiger partial charge in [0.25, 0.3) is 5.56 Å². The Morgan fingerprint density at radius 3 is 2.92 bits per heavy atom. The molecule has 1 saturated heterocycles. The molecule has 4 rings (SSSR count). The largest absolute Gasteiger partial charge is 0.423 e. The number of nitrogens with zero attached hydrogens (tertiary/aromatic N) is 4. The van der Waals surface area contributed by atoms with Crippen LogP contribution < -0.4 is 10.5 Å². The van der Waals surface area contributed by atoms with Gasteiger partial charge < -0.3 is 13.9 Å². The number of anilines is 1. The molecule has 2 aromatic heterocycles. The van der Waals surface area contributed by atoms with Crippen molar-refractivity contribution < 1.29 is 4.42 Å². The quantitative estimate of drug-likeness (QED) is 0.848. The second-order valence-corrected chi connectivity index (χ2v) is 7.08. The number of piperidine rings is 1. The van der Waals surface area contributed by atoms with Crippen LogP contribution >= 0.6 is 0 Å². The fraction of sp³-hybridized carbons (Fsp3) is 0.500. The summed E-state index contributed by atoms with van der Waals surface area (Å²) in [5, 5.41) is 9.40. The van der Waals surface area contributed by atoms with Gasteiger partial charge >= 0.3 is 0 Å². The average Bonchev–Trinajstić information content (AvgIpc) is 3.00. The van der Waals surface area contributed by atoms with E-state index < -0.39 is 0 Å². The molecule has 1 fully saturated rings. The maximum Gasteiger partial charge on any atom is 0.250 e. The van der Waals surface area contributed by atoms with Gasteiger partial charge in [-0.25, -0.2) is 4.98 Å². The molecule has 2 aliphatic rings. The Labute approximate surface area is 140 Å². The lowest BCUT2D eigenvalue weighted by atomic mass is 9.83. The van der Waals surface area contributed by atoms with Crippen LogP contribution in [0.5, 0.6) is 0 Å². The second-order valence-electron chi connectivity index (χ2n) is 7.08. The lowest BCUT2D eigenvalue weighted by Crippen LogP contribution is -2.47. The molecule has 2 aromatic rings. The van der Waals surface area contributed by atoms with E-state index in [2.05, 4.69) is 16.0 Å². The maximum atomic E-state index is 12.1. The summed E-state index contributed by atoms with van der Waals surface area (Å²) in [6, 6.07) is 7.66. The van der Waals surface area contributed by atoms with Gasteiger partial charge in [0, 0.05) is 43.2 Å². The molecule has 0 unspecified atom stereocenters. The first kappa shape index (κ1) is 15.0. The van der Waals surface area contributed by atoms with Gasteiger partial charge in [0.2, 0.25) is 17.5 Å². The summed E-state index contributed by atoms with van der Waals surface area (Å²) in [6.45, 7) is 6.28. The smallest absolute Gasteiger partial charge is 0.250 e. The van der Waals surface area contributed by atoms with E-state index in [4.69, 9.17) is 4.42 Å². The maximum absolute atomic E-state index is 12.1. The zero-order chi connectivity index (χ0) is 16.8. The van der Waals surface area contributed by atoms with Crippen LogP contribution in [-0.4, -0.2) is 22.6 Å². The standard InChI is InChI=1S/C18H20N4O2/c1-11(2)17-20-14(7-19)18(24-17)21-8-12-6-13(10-21)15-4-3-5-16(23)22(15)9-12/h3-5,11-13H,6,8-10H2,1-2H3/t12-,13-/m1/s1. The topological polar surface area (TPSA) is 75.1 Å². The van der Waals surface area contributed by atoms with Crippen molar-refractivity contribution in [1.29, 1.82) is 5.26 Å². The lowest BCUT2D eigenvalue weighted by molar-refractivity contribution is 0.273. The third-order valence-corrected chi connectivity index (χ3v) is 4.99. The molecule has 6 heteroatoms. The number of nitriles is 1. The van der Waals surface area contributed by atoms with E-state index in [0.29, 0.717) is 23.4 Å². The number of pyridine rings is 1. The van der Waals surface area contributed by atoms with E-state index in [0.717, 1.165) is 31.7 Å². The minimum atomic E-state index is 0.0788. The van der Waals surface area contributed by atoms with Crippen molar-refractivity contribution in [3.8, 4) is 6.07 Å². The Kier molecular flexibility index (Phi) is 3.45. The molecule has 0 aliphatic carbocycles. The molecule has 24 heavy (non-hydrogen) atoms. The normalized spacial score (nSPS) is 22.3. The first-order valence-corrected chi connectivity index (χ1v) is 8.42. The van der Waals surface area contributed by atoms with Gasteiger partial charge in [0.05, 0.1) is 0 Å². The number of aromatic nitrogens is 2. The minimum Gasteiger partial charge on any atom is -0.423 e. The molecular weight excluding hydrogens is 304 g/mol. The number of fused-ring (bicyclic) bond motifs is 4. The highest BCUT2D eigenvalue weighted by molar-refractivity contribution is 5.49. The van der Waals surface area contributed by atoms with Crippen molar-refractivity contribution in [2.75, 3.05) is 18.0 Å². The highest BCUT2D eigenvalue weighted by Gasteiger charge is 2.36. The molecule has 0 radical (unpaired) electrons. The Hall–Kier alpha value is -2.55. The van der Waals surface area contributed by atoms with Crippen LogP contribution in [0.1, 0.15) is 49.4 Å². The van der Waals surface area contributed by atoms with Crippen molar-refractivity contribution in [2.45, 2.75) is 38.6 Å². The third kappa shape index (κ3) is 2.32. The lowest BCUT2D eigenvalue weighted by Gasteiger charge is -2.42. The zero-order valence-corrected chi connectivity index (χ0v) is 13.9. The molecule has 6 nitrogen and oxygen atoms in total. The van der Waals surface area contributed by atoms with Crippen molar-refractivity contribution in [3.05, 3.63) is 45.8 Å². The first-order chi connectivity index (χ1) is 11.6. The molecule has 2 bridgehead atoms. The predicted octanol–water partition coefficient (Wildman–Crippen LogP) is 2.46. The number of hydrogen-bond acceptors (Lipinski definition) is 5. The summed E-state index contributed by atoms with van der Waals surface area (Å²) in [4.78, 5) is 18.6. The van der Waals surface area contributed by atoms with Gasteiger partial charge in [-0.2, -0.15) is 5.26 Å². The highest BCUT2D eigenvalue weighted by atomic mass is 16.4. The van der Waals surface area contributed by atoms with E-state index in [1.807, 2.05) is 30.5 Å². The summed E-state index contributed by atoms with van der Waals surface area (Å²) >= 11 is 0. The molecule has 0 saturated carbocycles. The van der Waals surface area contributed by atoms with Crippen LogP contribution in [0.4, 0.5) is 5.88 Å². The number of oxazole rings is 1. The van der Waals surface area contributed by atoms with Crippen LogP contribution in [0.3, 0.4) is 0 Å². The molecule has 124 valence electrons. The first-order valence-electron chi connectivity index (χ1n) is 8.42. The monoisotopic (exact) mass is 324 g/mol. The summed E-state index contributed by atoms with van der Waals surface area (Å²) in [5.74, 6) is 2.01. The third-order valence-electron chi connectivity index (χ3n) is 4.99. The van der Waals surface area contributed by atoms with Gasteiger partial charge in [0.15, 0.2) is 0 Å². The Balaban J connectivity index is 1.70. The summed E-state index contributed by atoms with van der Waals surface area (Å²) in [7, 11) is 0. The van der Waals surface area contributed by atoms with E-state index in [9.17, 15) is 10.1 Å². The van der Waals surface area contributed by atoms with E-state index >= 15 is 0 Å². The van der Waals surface area contributed by atoms with Crippen LogP contribution in [-0.2, 0) is 6.54 Å². The number of rotatable bonds is 2. The Bertz CT molecular complexity index is 874. The van der Waals surface area contributed by atoms with Gasteiger partial charge in [0.1, 0.15) is 6.07 Å². The molecule has 0 aromatic carbocycles. The molecular formula is C18H20N4O2. The molecule has 2 atom stereocenters. The van der Waals surface area contributed by atoms with Crippen molar-refractivity contribution in [2.24, 2.45) is 5.92 Å². The van der Waals surface area contributed by atoms with Crippen molar-refractivity contribution >= 4 is 5.88 Å². The predicted molar refractivity (Wildman–Crippen MR) is 89.1 cm³/mol. The van der Waals surface area contributed by atoms with E-state index in [1.165, 1.54) is 0 Å². The van der Waals surface area contributed by atoms with Crippen molar-refractivity contribution in [3.63, 3.8) is 0 Å². The molecule has 0 N–H and O–H groups in total. The fourth-order valence-electron chi connectivity index (χ4n) is 3.92. The fourth-order valence-corrected chi connectivity index (χ4v) is 3.92. The van der Waals surface area contributed by atoms with Crippen LogP contribution in [0, 0.1) is 17.2 Å². The molecule has 0 spiro atoms. The van der Waals surface area contributed by atoms with Crippen LogP contribution in [0.25, 0.3) is 0 Å². The van der Waals surface area contributed by atoms with Gasteiger partial charge in [-0.15, -0.1) is 0 Å². The SMILES string of the molecule is CC(C)c1nc(C#N)c(N2C[C@H]3C[C@H](C2)c2cccc(=O)n2C3)o1. The molecule has 4 heterocycles. The Morgan fingerprint density at radius 1 is 1.33 bits per heavy atom. The van der Waals surface area contributed by atoms with Crippen molar-refractivity contribution in [1.82, 2.24) is 9.55 Å². The average molecular weight is 324 g/mol. The second kappa shape index (κ2) is 5.52. The van der Waals surface area contributed by atoms with Gasteiger partial charge in [-0.05, 0) is 18.4 Å². The summed E-state index contributed by atoms with van der Waals surface area (Å²) < 4.78 is 7.81. The van der Waals surface area contributed by atoms with Crippen LogP contribution in [0.15, 0.2) is 27.4 Å². The van der Waals surface area contributed by atoms with E-state index in [-0.39, 0.29) is 17.4 Å². The van der Waals surface area contributed by atoms with Crippen LogP contribution in [0.2, 0.25) is 0 Å². The Morgan fingerprint density at radius 2 is 2.17 bits per heavy atom. The summed E-state index contributed by atoms with van der Waals surface area (Å²) in [6.07, 6.45) is 1.08. The van der Waals surface area contributed by atoms with E-state index in [1.54, 1.807) is 6.07 Å². The minimum absolute atomic E-state index is 0.0788. The highest BCUT2D eigenvalue weighted by Crippen LogP contribution is 2.38. The number of hydrogen-bond donors (Lipinski definition) is 0. The zero-order valence-electron chi connectivity index (χ0n) is 13.9. The van der Waals surface area contributed by atoms with Gasteiger partial charge in [-0.1, -0.05) is 19.9 Å². The van der Waals surface area contributed by atoms with Gasteiger partial charge in [-0.3, -0.25) is 4.79 Å². The summed E-state index contributed by atoms with van der Waals surface area (Å²) in [5.41, 5.74) is 1.53. The molecule has 2 aliphatic heterocycles. The molecule has 0 amide bonds.